The topological polar surface area (TPSA) is 65.1 Å². The second kappa shape index (κ2) is 6.08. The number of rotatable bonds is 4. The average Bonchev–Trinajstić information content (AvgIpc) is 3.26. The Morgan fingerprint density at radius 1 is 1.31 bits per heavy atom. The molecule has 4 rings (SSSR count). The zero-order chi connectivity index (χ0) is 18.6. The van der Waals surface area contributed by atoms with Gasteiger partial charge in [0.2, 0.25) is 0 Å². The van der Waals surface area contributed by atoms with Gasteiger partial charge in [-0.05, 0) is 68.8 Å². The van der Waals surface area contributed by atoms with Gasteiger partial charge in [-0.3, -0.25) is 4.79 Å². The van der Waals surface area contributed by atoms with E-state index in [1.807, 2.05) is 6.08 Å². The van der Waals surface area contributed by atoms with E-state index in [-0.39, 0.29) is 23.0 Å². The van der Waals surface area contributed by atoms with Crippen LogP contribution in [-0.4, -0.2) is 37.9 Å². The van der Waals surface area contributed by atoms with Crippen molar-refractivity contribution in [1.29, 1.82) is 0 Å². The van der Waals surface area contributed by atoms with Crippen LogP contribution in [0.3, 0.4) is 0 Å². The van der Waals surface area contributed by atoms with E-state index in [4.69, 9.17) is 14.2 Å². The lowest BCUT2D eigenvalue weighted by Crippen LogP contribution is -2.57. The standard InChI is InChI=1S/C21H30O5/c1-19-9-4-10-20(2,18(23)24-3)15(19)7-11-21(13-26-21)16(19)6-5-14-8-12-25-17(14)22/h8,15-16H,4-7,9-13H2,1-3H3/t15?,16-,19+,20+,21+/m1/s1. The molecule has 3 fully saturated rings. The molecular formula is C21H30O5. The first-order chi connectivity index (χ1) is 12.4. The number of carbonyl (C=O) groups excluding carboxylic acids is 2. The van der Waals surface area contributed by atoms with Crippen molar-refractivity contribution in [3.63, 3.8) is 0 Å². The van der Waals surface area contributed by atoms with Crippen molar-refractivity contribution in [2.24, 2.45) is 22.7 Å². The molecule has 1 unspecified atom stereocenters. The third kappa shape index (κ3) is 2.54. The molecule has 0 radical (unpaired) electrons. The molecule has 5 nitrogen and oxygen atoms in total. The van der Waals surface area contributed by atoms with Gasteiger partial charge >= 0.3 is 11.9 Å². The summed E-state index contributed by atoms with van der Waals surface area (Å²) in [5.41, 5.74) is 0.391. The zero-order valence-electron chi connectivity index (χ0n) is 16.1. The predicted octanol–water partition coefficient (Wildman–Crippen LogP) is 3.41. The van der Waals surface area contributed by atoms with Crippen LogP contribution < -0.4 is 0 Å². The smallest absolute Gasteiger partial charge is 0.334 e. The molecule has 0 N–H and O–H groups in total. The molecular weight excluding hydrogens is 332 g/mol. The van der Waals surface area contributed by atoms with Crippen LogP contribution in [0.25, 0.3) is 0 Å². The lowest BCUT2D eigenvalue weighted by molar-refractivity contribution is -0.174. The zero-order valence-corrected chi connectivity index (χ0v) is 16.1. The van der Waals surface area contributed by atoms with Crippen LogP contribution in [0.15, 0.2) is 11.6 Å². The van der Waals surface area contributed by atoms with Crippen molar-refractivity contribution < 1.29 is 23.8 Å². The van der Waals surface area contributed by atoms with Crippen molar-refractivity contribution in [3.8, 4) is 0 Å². The van der Waals surface area contributed by atoms with Crippen molar-refractivity contribution in [3.05, 3.63) is 11.6 Å². The summed E-state index contributed by atoms with van der Waals surface area (Å²) in [7, 11) is 1.50. The Bertz CT molecular complexity index is 649. The fraction of sp³-hybridized carbons (Fsp3) is 0.810. The van der Waals surface area contributed by atoms with Crippen LogP contribution in [-0.2, 0) is 23.8 Å². The minimum atomic E-state index is -0.415. The predicted molar refractivity (Wildman–Crippen MR) is 95.3 cm³/mol. The Morgan fingerprint density at radius 2 is 2.08 bits per heavy atom. The van der Waals surface area contributed by atoms with E-state index >= 15 is 0 Å². The number of epoxide rings is 1. The van der Waals surface area contributed by atoms with Crippen LogP contribution in [0.5, 0.6) is 0 Å². The van der Waals surface area contributed by atoms with Gasteiger partial charge in [0, 0.05) is 5.57 Å². The van der Waals surface area contributed by atoms with Gasteiger partial charge in [0.05, 0.1) is 24.7 Å². The van der Waals surface area contributed by atoms with Crippen LogP contribution in [0, 0.1) is 22.7 Å². The summed E-state index contributed by atoms with van der Waals surface area (Å²) in [4.78, 5) is 24.5. The van der Waals surface area contributed by atoms with Crippen molar-refractivity contribution >= 4 is 11.9 Å². The number of ether oxygens (including phenoxy) is 3. The molecule has 5 heteroatoms. The molecule has 5 atom stereocenters. The van der Waals surface area contributed by atoms with E-state index in [1.54, 1.807) is 0 Å². The number of hydrogen-bond donors (Lipinski definition) is 0. The minimum Gasteiger partial charge on any atom is -0.469 e. The molecule has 0 amide bonds. The first-order valence-electron chi connectivity index (χ1n) is 9.94. The molecule has 2 saturated carbocycles. The summed E-state index contributed by atoms with van der Waals surface area (Å²) in [6.45, 7) is 5.67. The Balaban J connectivity index is 1.61. The molecule has 144 valence electrons. The molecule has 1 spiro atoms. The lowest BCUT2D eigenvalue weighted by atomic mass is 9.45. The van der Waals surface area contributed by atoms with Crippen LogP contribution in [0.2, 0.25) is 0 Å². The van der Waals surface area contributed by atoms with Gasteiger partial charge in [0.25, 0.3) is 0 Å². The maximum absolute atomic E-state index is 12.7. The van der Waals surface area contributed by atoms with Gasteiger partial charge in [-0.2, -0.15) is 0 Å². The number of fused-ring (bicyclic) bond motifs is 1. The highest BCUT2D eigenvalue weighted by Gasteiger charge is 2.66. The molecule has 0 bridgehead atoms. The maximum Gasteiger partial charge on any atom is 0.334 e. The van der Waals surface area contributed by atoms with Crippen molar-refractivity contribution in [1.82, 2.24) is 0 Å². The van der Waals surface area contributed by atoms with Gasteiger partial charge < -0.3 is 14.2 Å². The highest BCUT2D eigenvalue weighted by Crippen LogP contribution is 2.66. The van der Waals surface area contributed by atoms with Crippen LogP contribution >= 0.6 is 0 Å². The molecule has 2 aliphatic carbocycles. The van der Waals surface area contributed by atoms with Gasteiger partial charge in [0.15, 0.2) is 0 Å². The average molecular weight is 362 g/mol. The monoisotopic (exact) mass is 362 g/mol. The molecule has 26 heavy (non-hydrogen) atoms. The summed E-state index contributed by atoms with van der Waals surface area (Å²) in [5, 5.41) is 0. The van der Waals surface area contributed by atoms with Crippen molar-refractivity contribution in [2.75, 3.05) is 20.3 Å². The van der Waals surface area contributed by atoms with E-state index < -0.39 is 5.41 Å². The highest BCUT2D eigenvalue weighted by atomic mass is 16.6. The Hall–Kier alpha value is -1.36. The number of cyclic esters (lactones) is 1. The van der Waals surface area contributed by atoms with Crippen LogP contribution in [0.1, 0.15) is 58.8 Å². The van der Waals surface area contributed by atoms with Crippen molar-refractivity contribution in [2.45, 2.75) is 64.4 Å². The van der Waals surface area contributed by atoms with E-state index in [2.05, 4.69) is 13.8 Å². The lowest BCUT2D eigenvalue weighted by Gasteiger charge is -2.58. The second-order valence-electron chi connectivity index (χ2n) is 9.13. The third-order valence-corrected chi connectivity index (χ3v) is 7.94. The highest BCUT2D eigenvalue weighted by molar-refractivity contribution is 5.90. The summed E-state index contributed by atoms with van der Waals surface area (Å²) in [6, 6.07) is 0. The third-order valence-electron chi connectivity index (χ3n) is 7.94. The van der Waals surface area contributed by atoms with E-state index in [1.165, 1.54) is 7.11 Å². The minimum absolute atomic E-state index is 0.0390. The first-order valence-corrected chi connectivity index (χ1v) is 9.94. The Kier molecular flexibility index (Phi) is 4.22. The van der Waals surface area contributed by atoms with E-state index in [0.717, 1.165) is 57.1 Å². The number of carbonyl (C=O) groups is 2. The van der Waals surface area contributed by atoms with E-state index in [9.17, 15) is 9.59 Å². The fourth-order valence-corrected chi connectivity index (χ4v) is 6.55. The Labute approximate surface area is 155 Å². The first kappa shape index (κ1) is 18.0. The summed E-state index contributed by atoms with van der Waals surface area (Å²) >= 11 is 0. The number of hydrogen-bond acceptors (Lipinski definition) is 5. The second-order valence-corrected chi connectivity index (χ2v) is 9.13. The van der Waals surface area contributed by atoms with Gasteiger partial charge in [-0.25, -0.2) is 4.79 Å². The summed E-state index contributed by atoms with van der Waals surface area (Å²) in [5.74, 6) is 0.436. The molecule has 4 aliphatic rings. The van der Waals surface area contributed by atoms with Crippen LogP contribution in [0.4, 0.5) is 0 Å². The summed E-state index contributed by atoms with van der Waals surface area (Å²) < 4.78 is 16.3. The number of esters is 2. The number of methoxy groups -OCH3 is 1. The van der Waals surface area contributed by atoms with Gasteiger partial charge in [-0.1, -0.05) is 13.3 Å². The normalized spacial score (nSPS) is 44.3. The van der Waals surface area contributed by atoms with Gasteiger partial charge in [0.1, 0.15) is 6.61 Å². The molecule has 0 aromatic carbocycles. The SMILES string of the molecule is COC(=O)[C@@]1(C)CCC[C@@]2(C)C1CC[C@]1(CO1)[C@@H]2CCC1=CCOC1=O. The maximum atomic E-state index is 12.7. The molecule has 0 aromatic rings. The molecule has 2 aliphatic heterocycles. The van der Waals surface area contributed by atoms with E-state index in [0.29, 0.717) is 18.4 Å². The quantitative estimate of drug-likeness (QED) is 0.566. The fourth-order valence-electron chi connectivity index (χ4n) is 6.55. The molecule has 1 saturated heterocycles. The Morgan fingerprint density at radius 3 is 2.69 bits per heavy atom. The van der Waals surface area contributed by atoms with Gasteiger partial charge in [-0.15, -0.1) is 0 Å². The molecule has 0 aromatic heterocycles. The molecule has 2 heterocycles. The summed E-state index contributed by atoms with van der Waals surface area (Å²) in [6.07, 6.45) is 8.65. The largest absolute Gasteiger partial charge is 0.469 e.